The van der Waals surface area contributed by atoms with Gasteiger partial charge < -0.3 is 14.6 Å². The molecule has 3 heteroatoms. The number of carbonyl (C=O) groups is 1. The minimum absolute atomic E-state index is 0.112. The van der Waals surface area contributed by atoms with Gasteiger partial charge in [-0.3, -0.25) is 0 Å². The fourth-order valence-electron chi connectivity index (χ4n) is 2.01. The topological polar surface area (TPSA) is 49.4 Å². The fourth-order valence-corrected chi connectivity index (χ4v) is 2.01. The van der Waals surface area contributed by atoms with Gasteiger partial charge in [-0.1, -0.05) is 51.1 Å². The van der Waals surface area contributed by atoms with Crippen LogP contribution < -0.4 is 9.84 Å². The second-order valence-corrected chi connectivity index (χ2v) is 6.05. The van der Waals surface area contributed by atoms with Gasteiger partial charge in [-0.2, -0.15) is 0 Å². The number of carboxylic acids is 1. The van der Waals surface area contributed by atoms with Crippen LogP contribution >= 0.6 is 0 Å². The minimum atomic E-state index is -1.17. The molecule has 3 nitrogen and oxygen atoms in total. The van der Waals surface area contributed by atoms with E-state index in [-0.39, 0.29) is 11.0 Å². The summed E-state index contributed by atoms with van der Waals surface area (Å²) in [5.41, 5.74) is 2.33. The Kier molecular flexibility index (Phi) is 4.32. The quantitative estimate of drug-likeness (QED) is 0.867. The molecule has 0 aliphatic heterocycles. The minimum Gasteiger partial charge on any atom is -0.545 e. The van der Waals surface area contributed by atoms with Crippen molar-refractivity contribution in [1.29, 1.82) is 0 Å². The van der Waals surface area contributed by atoms with Gasteiger partial charge in [0.05, 0.1) is 5.97 Å². The molecule has 0 bridgehead atoms. The SMILES string of the molecule is CC(C)(C)c1ccc(OCc2cccc(C(=O)[O-])c2)cc1. The molecule has 0 aliphatic carbocycles. The Labute approximate surface area is 125 Å². The molecule has 0 N–H and O–H groups in total. The van der Waals surface area contributed by atoms with Gasteiger partial charge in [0, 0.05) is 0 Å². The maximum Gasteiger partial charge on any atom is 0.119 e. The second kappa shape index (κ2) is 6.00. The lowest BCUT2D eigenvalue weighted by Crippen LogP contribution is -2.22. The molecule has 0 saturated heterocycles. The molecular weight excluding hydrogens is 264 g/mol. The molecule has 0 aliphatic rings. The smallest absolute Gasteiger partial charge is 0.119 e. The summed E-state index contributed by atoms with van der Waals surface area (Å²) >= 11 is 0. The first kappa shape index (κ1) is 15.1. The molecule has 0 aromatic heterocycles. The summed E-state index contributed by atoms with van der Waals surface area (Å²) in [5.74, 6) is -0.409. The van der Waals surface area contributed by atoms with E-state index in [0.29, 0.717) is 6.61 Å². The molecule has 0 unspecified atom stereocenters. The Morgan fingerprint density at radius 2 is 1.76 bits per heavy atom. The van der Waals surface area contributed by atoms with Crippen molar-refractivity contribution in [3.05, 3.63) is 65.2 Å². The number of benzene rings is 2. The highest BCUT2D eigenvalue weighted by Gasteiger charge is 2.12. The Morgan fingerprint density at radius 3 is 2.33 bits per heavy atom. The van der Waals surface area contributed by atoms with E-state index in [1.807, 2.05) is 30.3 Å². The molecule has 0 spiro atoms. The summed E-state index contributed by atoms with van der Waals surface area (Å²) in [6.07, 6.45) is 0. The monoisotopic (exact) mass is 283 g/mol. The predicted molar refractivity (Wildman–Crippen MR) is 80.2 cm³/mol. The van der Waals surface area contributed by atoms with Crippen molar-refractivity contribution in [2.24, 2.45) is 0 Å². The lowest BCUT2D eigenvalue weighted by atomic mass is 9.87. The van der Waals surface area contributed by atoms with Gasteiger partial charge in [-0.05, 0) is 40.3 Å². The molecule has 0 saturated carbocycles. The van der Waals surface area contributed by atoms with Crippen LogP contribution in [-0.4, -0.2) is 5.97 Å². The van der Waals surface area contributed by atoms with Crippen LogP contribution in [0.3, 0.4) is 0 Å². The van der Waals surface area contributed by atoms with Gasteiger partial charge >= 0.3 is 0 Å². The number of aromatic carboxylic acids is 1. The summed E-state index contributed by atoms with van der Waals surface area (Å²) in [7, 11) is 0. The number of rotatable bonds is 4. The van der Waals surface area contributed by atoms with Crippen molar-refractivity contribution in [2.75, 3.05) is 0 Å². The average molecular weight is 283 g/mol. The molecule has 110 valence electrons. The van der Waals surface area contributed by atoms with E-state index in [1.165, 1.54) is 11.6 Å². The Hall–Kier alpha value is -2.29. The Bertz CT molecular complexity index is 622. The van der Waals surface area contributed by atoms with Gasteiger partial charge in [-0.25, -0.2) is 0 Å². The Morgan fingerprint density at radius 1 is 1.10 bits per heavy atom. The van der Waals surface area contributed by atoms with Crippen LogP contribution in [0.4, 0.5) is 0 Å². The van der Waals surface area contributed by atoms with E-state index < -0.39 is 5.97 Å². The molecule has 2 aromatic rings. The van der Waals surface area contributed by atoms with Crippen LogP contribution in [-0.2, 0) is 12.0 Å². The lowest BCUT2D eigenvalue weighted by Gasteiger charge is -2.19. The third-order valence-corrected chi connectivity index (χ3v) is 3.29. The molecule has 21 heavy (non-hydrogen) atoms. The van der Waals surface area contributed by atoms with Gasteiger partial charge in [0.25, 0.3) is 0 Å². The zero-order valence-corrected chi connectivity index (χ0v) is 12.6. The number of carbonyl (C=O) groups excluding carboxylic acids is 1. The van der Waals surface area contributed by atoms with Gasteiger partial charge in [0.2, 0.25) is 0 Å². The van der Waals surface area contributed by atoms with Gasteiger partial charge in [0.15, 0.2) is 0 Å². The van der Waals surface area contributed by atoms with E-state index in [1.54, 1.807) is 12.1 Å². The molecule has 2 aromatic carbocycles. The van der Waals surface area contributed by atoms with Gasteiger partial charge in [0.1, 0.15) is 12.4 Å². The first-order valence-electron chi connectivity index (χ1n) is 6.90. The third kappa shape index (κ3) is 4.09. The highest BCUT2D eigenvalue weighted by Crippen LogP contribution is 2.24. The summed E-state index contributed by atoms with van der Waals surface area (Å²) < 4.78 is 5.68. The van der Waals surface area contributed by atoms with Crippen molar-refractivity contribution in [3.8, 4) is 5.75 Å². The molecule has 0 amide bonds. The van der Waals surface area contributed by atoms with Gasteiger partial charge in [-0.15, -0.1) is 0 Å². The van der Waals surface area contributed by atoms with Crippen LogP contribution in [0.15, 0.2) is 48.5 Å². The second-order valence-electron chi connectivity index (χ2n) is 6.05. The highest BCUT2D eigenvalue weighted by molar-refractivity contribution is 5.85. The van der Waals surface area contributed by atoms with E-state index in [4.69, 9.17) is 4.74 Å². The van der Waals surface area contributed by atoms with Crippen LogP contribution in [0.5, 0.6) is 5.75 Å². The number of hydrogen-bond donors (Lipinski definition) is 0. The number of carboxylic acid groups (broad SMARTS) is 1. The van der Waals surface area contributed by atoms with Crippen LogP contribution in [0.1, 0.15) is 42.3 Å². The predicted octanol–water partition coefficient (Wildman–Crippen LogP) is 2.93. The van der Waals surface area contributed by atoms with Crippen molar-refractivity contribution in [1.82, 2.24) is 0 Å². The molecule has 0 atom stereocenters. The van der Waals surface area contributed by atoms with Crippen LogP contribution in [0, 0.1) is 0 Å². The number of ether oxygens (including phenoxy) is 1. The molecular formula is C18H19O3-. The van der Waals surface area contributed by atoms with Crippen molar-refractivity contribution >= 4 is 5.97 Å². The Balaban J connectivity index is 2.03. The summed E-state index contributed by atoms with van der Waals surface area (Å²) in [4.78, 5) is 10.8. The van der Waals surface area contributed by atoms with Crippen molar-refractivity contribution in [2.45, 2.75) is 32.8 Å². The molecule has 0 fully saturated rings. The summed E-state index contributed by atoms with van der Waals surface area (Å²) in [5, 5.41) is 10.8. The van der Waals surface area contributed by atoms with E-state index in [9.17, 15) is 9.90 Å². The van der Waals surface area contributed by atoms with Crippen LogP contribution in [0.25, 0.3) is 0 Å². The molecule has 2 rings (SSSR count). The zero-order chi connectivity index (χ0) is 15.5. The molecule has 0 heterocycles. The third-order valence-electron chi connectivity index (χ3n) is 3.29. The largest absolute Gasteiger partial charge is 0.545 e. The maximum atomic E-state index is 10.8. The van der Waals surface area contributed by atoms with E-state index >= 15 is 0 Å². The first-order valence-corrected chi connectivity index (χ1v) is 6.90. The van der Waals surface area contributed by atoms with Crippen LogP contribution in [0.2, 0.25) is 0 Å². The maximum absolute atomic E-state index is 10.8. The summed E-state index contributed by atoms with van der Waals surface area (Å²) in [6.45, 7) is 6.81. The van der Waals surface area contributed by atoms with E-state index in [2.05, 4.69) is 20.8 Å². The normalized spacial score (nSPS) is 11.2. The first-order chi connectivity index (χ1) is 9.86. The highest BCUT2D eigenvalue weighted by atomic mass is 16.5. The average Bonchev–Trinajstić information content (AvgIpc) is 2.45. The standard InChI is InChI=1S/C18H20O3/c1-18(2,3)15-7-9-16(10-8-15)21-12-13-5-4-6-14(11-13)17(19)20/h4-11H,12H2,1-3H3,(H,19,20)/p-1. The lowest BCUT2D eigenvalue weighted by molar-refractivity contribution is -0.255. The summed E-state index contributed by atoms with van der Waals surface area (Å²) in [6, 6.07) is 14.6. The fraction of sp³-hybridized carbons (Fsp3) is 0.278. The van der Waals surface area contributed by atoms with Crippen molar-refractivity contribution < 1.29 is 14.6 Å². The zero-order valence-electron chi connectivity index (χ0n) is 12.6. The molecule has 0 radical (unpaired) electrons. The van der Waals surface area contributed by atoms with E-state index in [0.717, 1.165) is 11.3 Å². The number of hydrogen-bond acceptors (Lipinski definition) is 3. The van der Waals surface area contributed by atoms with Crippen molar-refractivity contribution in [3.63, 3.8) is 0 Å².